The van der Waals surface area contributed by atoms with Gasteiger partial charge in [0.05, 0.1) is 22.7 Å². The second-order valence-corrected chi connectivity index (χ2v) is 25.1. The van der Waals surface area contributed by atoms with E-state index in [4.69, 9.17) is 8.83 Å². The van der Waals surface area contributed by atoms with E-state index in [1.165, 1.54) is 114 Å². The summed E-state index contributed by atoms with van der Waals surface area (Å²) in [5, 5.41) is 2.63. The molecule has 4 aromatic heterocycles. The maximum absolute atomic E-state index is 6.65. The van der Waals surface area contributed by atoms with Crippen molar-refractivity contribution in [1.29, 1.82) is 0 Å². The molecule has 13 rings (SSSR count). The fourth-order valence-corrected chi connectivity index (χ4v) is 14.8. The summed E-state index contributed by atoms with van der Waals surface area (Å²) in [6, 6.07) is 35.5. The van der Waals surface area contributed by atoms with Crippen LogP contribution in [0.2, 0.25) is 0 Å². The zero-order valence-electron chi connectivity index (χ0n) is 43.7. The molecule has 6 heterocycles. The number of thiophene rings is 2. The molecule has 4 nitrogen and oxygen atoms in total. The molecule has 0 spiro atoms. The summed E-state index contributed by atoms with van der Waals surface area (Å²) >= 11 is 3.97. The van der Waals surface area contributed by atoms with E-state index in [2.05, 4.69) is 219 Å². The zero-order chi connectivity index (χ0) is 50.2. The Morgan fingerprint density at radius 2 is 0.904 bits per heavy atom. The lowest BCUT2D eigenvalue weighted by molar-refractivity contribution is 0.568. The fraction of sp³-hybridized carbons (Fsp3) is 0.242. The normalized spacial score (nSPS) is 16.8. The van der Waals surface area contributed by atoms with Crippen LogP contribution in [-0.4, -0.2) is 6.71 Å². The van der Waals surface area contributed by atoms with E-state index in [0.717, 1.165) is 59.9 Å². The Balaban J connectivity index is 1.06. The van der Waals surface area contributed by atoms with Gasteiger partial charge in [-0.05, 0) is 188 Å². The number of nitrogens with zero attached hydrogens (tertiary/aromatic N) is 2. The molecule has 0 unspecified atom stereocenters. The number of rotatable bonds is 4. The number of hydrogen-bond acceptors (Lipinski definition) is 6. The Morgan fingerprint density at radius 1 is 0.479 bits per heavy atom. The van der Waals surface area contributed by atoms with Crippen LogP contribution in [0.5, 0.6) is 0 Å². The largest absolute Gasteiger partial charge is 0.456 e. The number of benzene rings is 5. The van der Waals surface area contributed by atoms with Crippen LogP contribution in [0.15, 0.2) is 136 Å². The first-order valence-corrected chi connectivity index (χ1v) is 27.7. The molecule has 9 aromatic rings. The number of furan rings is 2. The van der Waals surface area contributed by atoms with Crippen molar-refractivity contribution in [3.05, 3.63) is 183 Å². The lowest BCUT2D eigenvalue weighted by Crippen LogP contribution is -2.59. The van der Waals surface area contributed by atoms with Gasteiger partial charge in [-0.25, -0.2) is 0 Å². The predicted octanol–water partition coefficient (Wildman–Crippen LogP) is 17.6. The third-order valence-corrected chi connectivity index (χ3v) is 18.1. The molecule has 2 aliphatic heterocycles. The van der Waals surface area contributed by atoms with Gasteiger partial charge < -0.3 is 18.6 Å². The van der Waals surface area contributed by atoms with E-state index >= 15 is 0 Å². The number of allylic oxidation sites excluding steroid dienone is 6. The maximum Gasteiger partial charge on any atom is 0.277 e. The van der Waals surface area contributed by atoms with Crippen molar-refractivity contribution in [2.24, 2.45) is 0 Å². The predicted molar refractivity (Wildman–Crippen MR) is 316 cm³/mol. The van der Waals surface area contributed by atoms with E-state index in [0.29, 0.717) is 0 Å². The molecular weight excluding hydrogens is 928 g/mol. The second kappa shape index (κ2) is 16.9. The zero-order valence-corrected chi connectivity index (χ0v) is 45.3. The van der Waals surface area contributed by atoms with Crippen molar-refractivity contribution in [2.45, 2.75) is 106 Å². The Kier molecular flexibility index (Phi) is 10.6. The van der Waals surface area contributed by atoms with Crippen molar-refractivity contribution in [3.63, 3.8) is 0 Å². The number of hydrogen-bond donors (Lipinski definition) is 0. The first-order valence-electron chi connectivity index (χ1n) is 26.1. The van der Waals surface area contributed by atoms with Crippen molar-refractivity contribution >= 4 is 111 Å². The molecule has 362 valence electrons. The van der Waals surface area contributed by atoms with Crippen LogP contribution in [0.1, 0.15) is 110 Å². The smallest absolute Gasteiger partial charge is 0.277 e. The average molecular weight is 989 g/mol. The summed E-state index contributed by atoms with van der Waals surface area (Å²) in [6.45, 7) is 23.2. The third-order valence-electron chi connectivity index (χ3n) is 15.7. The highest BCUT2D eigenvalue weighted by Crippen LogP contribution is 2.53. The summed E-state index contributed by atoms with van der Waals surface area (Å²) < 4.78 is 18.7. The van der Waals surface area contributed by atoms with Gasteiger partial charge in [-0.2, -0.15) is 0 Å². The second-order valence-electron chi connectivity index (χ2n) is 22.9. The molecule has 0 radical (unpaired) electrons. The topological polar surface area (TPSA) is 32.8 Å². The Morgan fingerprint density at radius 3 is 1.32 bits per heavy atom. The van der Waals surface area contributed by atoms with E-state index in [1.807, 2.05) is 22.7 Å². The van der Waals surface area contributed by atoms with Crippen molar-refractivity contribution in [3.8, 4) is 22.6 Å². The monoisotopic (exact) mass is 988 g/mol. The minimum absolute atomic E-state index is 0.0181. The Labute approximate surface area is 438 Å². The summed E-state index contributed by atoms with van der Waals surface area (Å²) in [5.74, 6) is 3.75. The standard InChI is InChI=1S/C66H61BN2O2S2/c1-38-30-44(54-34-42-20-15-11-13-17-24-52(42)70-54)31-39(2)59(38)68-50-22-19-23-51-58(50)67(63-61(68)48-36-46(65(5,6)7)26-28-56(48)72-63)64-62(49-37-47(66(8,9)10)27-29-57(49)73-64)69(51)60-40(3)32-45(33-41(60)4)55-35-43-21-16-12-14-18-25-53(43)71-55/h11-12,15-19,22-37H,13-14,20-21H2,1-10H3/b15-11-,16-12-,24-17-,25-18-. The van der Waals surface area contributed by atoms with Gasteiger partial charge in [0.1, 0.15) is 23.0 Å². The van der Waals surface area contributed by atoms with Crippen molar-refractivity contribution in [1.82, 2.24) is 0 Å². The molecular formula is C66H61BN2O2S2. The van der Waals surface area contributed by atoms with E-state index in [9.17, 15) is 0 Å². The van der Waals surface area contributed by atoms with Gasteiger partial charge in [0.2, 0.25) is 0 Å². The van der Waals surface area contributed by atoms with Gasteiger partial charge in [0.15, 0.2) is 0 Å². The molecule has 0 N–H and O–H groups in total. The van der Waals surface area contributed by atoms with E-state index in [1.54, 1.807) is 0 Å². The average Bonchev–Trinajstić information content (AvgIpc) is 4.12. The van der Waals surface area contributed by atoms with Crippen LogP contribution in [0.4, 0.5) is 34.1 Å². The molecule has 5 aromatic carbocycles. The molecule has 0 fully saturated rings. The Hall–Kier alpha value is -6.80. The van der Waals surface area contributed by atoms with Crippen LogP contribution >= 0.6 is 22.7 Å². The molecule has 0 bridgehead atoms. The Bertz CT molecular complexity index is 3610. The van der Waals surface area contributed by atoms with Gasteiger partial charge in [-0.3, -0.25) is 0 Å². The molecule has 0 saturated carbocycles. The van der Waals surface area contributed by atoms with Crippen molar-refractivity contribution in [2.75, 3.05) is 9.80 Å². The molecule has 73 heavy (non-hydrogen) atoms. The molecule has 2 aliphatic carbocycles. The highest BCUT2D eigenvalue weighted by molar-refractivity contribution is 7.40. The number of aryl methyl sites for hydroxylation is 4. The van der Waals surface area contributed by atoms with Gasteiger partial charge in [0.25, 0.3) is 6.71 Å². The number of fused-ring (bicyclic) bond motifs is 10. The maximum atomic E-state index is 6.65. The summed E-state index contributed by atoms with van der Waals surface area (Å²) in [4.78, 5) is 5.31. The van der Waals surface area contributed by atoms with Crippen LogP contribution < -0.4 is 24.8 Å². The molecule has 7 heteroatoms. The molecule has 0 atom stereocenters. The van der Waals surface area contributed by atoms with Crippen molar-refractivity contribution < 1.29 is 8.83 Å². The highest BCUT2D eigenvalue weighted by atomic mass is 32.1. The van der Waals surface area contributed by atoms with Gasteiger partial charge >= 0.3 is 0 Å². The minimum Gasteiger partial charge on any atom is -0.456 e. The van der Waals surface area contributed by atoms with Crippen LogP contribution in [0.3, 0.4) is 0 Å². The minimum atomic E-state index is -0.0181. The van der Waals surface area contributed by atoms with Crippen LogP contribution in [-0.2, 0) is 23.7 Å². The number of anilines is 6. The molecule has 0 saturated heterocycles. The quantitative estimate of drug-likeness (QED) is 0.130. The van der Waals surface area contributed by atoms with Gasteiger partial charge in [0, 0.05) is 63.4 Å². The van der Waals surface area contributed by atoms with Gasteiger partial charge in [-0.15, -0.1) is 22.7 Å². The lowest BCUT2D eigenvalue weighted by Gasteiger charge is -2.43. The SMILES string of the molecule is Cc1cc(-c2cc3c(o2)/C=C\C/C=C\C3)cc(C)c1N1c2cccc3c2B(c2sc4ccc(C(C)(C)C)cc4c21)c1sc2ccc(C(C)(C)C)cc2c1N3c1c(C)cc(-c2cc3c(o2)/C=C\C/C=C\C3)cc1C. The van der Waals surface area contributed by atoms with E-state index in [-0.39, 0.29) is 17.5 Å². The first-order chi connectivity index (χ1) is 35.1. The summed E-state index contributed by atoms with van der Waals surface area (Å²) in [7, 11) is 0. The highest BCUT2D eigenvalue weighted by Gasteiger charge is 2.48. The van der Waals surface area contributed by atoms with Gasteiger partial charge in [-0.1, -0.05) is 96.2 Å². The fourth-order valence-electron chi connectivity index (χ4n) is 12.1. The molecule has 4 aliphatic rings. The van der Waals surface area contributed by atoms with Crippen LogP contribution in [0.25, 0.3) is 55.0 Å². The summed E-state index contributed by atoms with van der Waals surface area (Å²) in [5.41, 5.74) is 21.1. The van der Waals surface area contributed by atoms with E-state index < -0.39 is 0 Å². The molecule has 0 amide bonds. The summed E-state index contributed by atoms with van der Waals surface area (Å²) in [6.07, 6.45) is 21.2. The third kappa shape index (κ3) is 7.43. The lowest BCUT2D eigenvalue weighted by atomic mass is 9.39. The first kappa shape index (κ1) is 46.0. The van der Waals surface area contributed by atoms with Crippen LogP contribution in [0, 0.1) is 27.7 Å².